The van der Waals surface area contributed by atoms with Crippen molar-refractivity contribution in [2.75, 3.05) is 25.6 Å². The second kappa shape index (κ2) is 10.7. The van der Waals surface area contributed by atoms with Crippen molar-refractivity contribution < 1.29 is 19.5 Å². The maximum absolute atomic E-state index is 12.5. The van der Waals surface area contributed by atoms with E-state index in [1.807, 2.05) is 12.3 Å². The fraction of sp³-hybridized carbons (Fsp3) is 0.471. The molecule has 0 fully saturated rings. The number of thioether (sulfide) groups is 1. The molecule has 0 heterocycles. The van der Waals surface area contributed by atoms with Gasteiger partial charge in [0.25, 0.3) is 5.91 Å². The molecule has 0 aliphatic heterocycles. The van der Waals surface area contributed by atoms with Crippen molar-refractivity contribution >= 4 is 29.5 Å². The summed E-state index contributed by atoms with van der Waals surface area (Å²) in [5, 5.41) is 11.5. The van der Waals surface area contributed by atoms with Gasteiger partial charge in [-0.15, -0.1) is 0 Å². The largest absolute Gasteiger partial charge is 0.481 e. The second-order valence-electron chi connectivity index (χ2n) is 5.43. The molecule has 2 N–H and O–H groups in total. The molecule has 1 aromatic rings. The number of likely N-dealkylation sites (N-methyl/N-ethyl adjacent to an activating group) is 1. The van der Waals surface area contributed by atoms with Gasteiger partial charge in [-0.05, 0) is 37.0 Å². The van der Waals surface area contributed by atoms with Crippen molar-refractivity contribution in [3.05, 3.63) is 35.9 Å². The van der Waals surface area contributed by atoms with Crippen molar-refractivity contribution in [2.45, 2.75) is 25.3 Å². The average Bonchev–Trinajstić information content (AvgIpc) is 2.58. The number of nitrogens with zero attached hydrogens (tertiary/aromatic N) is 1. The van der Waals surface area contributed by atoms with Gasteiger partial charge in [-0.3, -0.25) is 14.4 Å². The first-order valence-corrected chi connectivity index (χ1v) is 9.16. The maximum Gasteiger partial charge on any atom is 0.303 e. The number of aliphatic carboxylic acids is 1. The van der Waals surface area contributed by atoms with E-state index in [1.165, 1.54) is 4.90 Å². The number of amides is 2. The maximum atomic E-state index is 12.5. The van der Waals surface area contributed by atoms with Gasteiger partial charge in [-0.1, -0.05) is 18.2 Å². The van der Waals surface area contributed by atoms with Gasteiger partial charge in [0.15, 0.2) is 0 Å². The highest BCUT2D eigenvalue weighted by Crippen LogP contribution is 2.07. The number of nitrogens with one attached hydrogen (secondary N) is 1. The molecule has 2 amide bonds. The van der Waals surface area contributed by atoms with E-state index < -0.39 is 12.0 Å². The normalized spacial score (nSPS) is 11.6. The van der Waals surface area contributed by atoms with Crippen molar-refractivity contribution in [1.29, 1.82) is 0 Å². The number of benzene rings is 1. The highest BCUT2D eigenvalue weighted by molar-refractivity contribution is 7.98. The number of rotatable bonds is 10. The minimum absolute atomic E-state index is 0.0173. The first-order chi connectivity index (χ1) is 11.5. The summed E-state index contributed by atoms with van der Waals surface area (Å²) in [4.78, 5) is 36.9. The van der Waals surface area contributed by atoms with Gasteiger partial charge >= 0.3 is 5.97 Å². The molecule has 1 atom stereocenters. The van der Waals surface area contributed by atoms with Gasteiger partial charge in [0.1, 0.15) is 6.04 Å². The molecule has 0 saturated carbocycles. The molecule has 0 spiro atoms. The van der Waals surface area contributed by atoms with Gasteiger partial charge in [-0.2, -0.15) is 11.8 Å². The third-order valence-corrected chi connectivity index (χ3v) is 4.15. The zero-order valence-corrected chi connectivity index (χ0v) is 14.8. The molecule has 0 bridgehead atoms. The predicted molar refractivity (Wildman–Crippen MR) is 95.2 cm³/mol. The molecule has 0 aromatic heterocycles. The van der Waals surface area contributed by atoms with Crippen LogP contribution in [0.2, 0.25) is 0 Å². The fourth-order valence-corrected chi connectivity index (χ4v) is 2.64. The van der Waals surface area contributed by atoms with E-state index in [0.29, 0.717) is 24.9 Å². The summed E-state index contributed by atoms with van der Waals surface area (Å²) >= 11 is 1.60. The van der Waals surface area contributed by atoms with Crippen LogP contribution < -0.4 is 5.32 Å². The van der Waals surface area contributed by atoms with Gasteiger partial charge in [-0.25, -0.2) is 0 Å². The van der Waals surface area contributed by atoms with Crippen molar-refractivity contribution in [3.8, 4) is 0 Å². The summed E-state index contributed by atoms with van der Waals surface area (Å²) in [6.07, 6.45) is 2.88. The molecule has 24 heavy (non-hydrogen) atoms. The van der Waals surface area contributed by atoms with E-state index in [1.54, 1.807) is 43.1 Å². The molecule has 0 aliphatic rings. The van der Waals surface area contributed by atoms with Gasteiger partial charge in [0, 0.05) is 25.6 Å². The Balaban J connectivity index is 2.67. The Morgan fingerprint density at radius 1 is 1.25 bits per heavy atom. The predicted octanol–water partition coefficient (Wildman–Crippen LogP) is 1.86. The molecule has 1 aromatic carbocycles. The van der Waals surface area contributed by atoms with Crippen LogP contribution in [0, 0.1) is 0 Å². The zero-order chi connectivity index (χ0) is 17.9. The van der Waals surface area contributed by atoms with Crippen molar-refractivity contribution in [2.24, 2.45) is 0 Å². The van der Waals surface area contributed by atoms with Crippen LogP contribution >= 0.6 is 11.8 Å². The minimum Gasteiger partial charge on any atom is -0.481 e. The summed E-state index contributed by atoms with van der Waals surface area (Å²) in [5.41, 5.74) is 0.507. The van der Waals surface area contributed by atoms with E-state index in [0.717, 1.165) is 5.75 Å². The first-order valence-electron chi connectivity index (χ1n) is 7.77. The van der Waals surface area contributed by atoms with E-state index >= 15 is 0 Å². The van der Waals surface area contributed by atoms with Gasteiger partial charge in [0.2, 0.25) is 5.91 Å². The summed E-state index contributed by atoms with van der Waals surface area (Å²) in [6.45, 7) is 0.349. The SMILES string of the molecule is CSCCC(NC(=O)c1ccccc1)C(=O)N(C)CCCC(=O)O. The lowest BCUT2D eigenvalue weighted by atomic mass is 10.1. The second-order valence-corrected chi connectivity index (χ2v) is 6.42. The van der Waals surface area contributed by atoms with Gasteiger partial charge in [0.05, 0.1) is 0 Å². The fourth-order valence-electron chi connectivity index (χ4n) is 2.17. The van der Waals surface area contributed by atoms with E-state index in [9.17, 15) is 14.4 Å². The zero-order valence-electron chi connectivity index (χ0n) is 14.0. The number of hydrogen-bond acceptors (Lipinski definition) is 4. The van der Waals surface area contributed by atoms with Gasteiger partial charge < -0.3 is 15.3 Å². The highest BCUT2D eigenvalue weighted by atomic mass is 32.2. The molecule has 0 saturated heterocycles. The Morgan fingerprint density at radius 3 is 2.50 bits per heavy atom. The third-order valence-electron chi connectivity index (χ3n) is 3.51. The smallest absolute Gasteiger partial charge is 0.303 e. The summed E-state index contributed by atoms with van der Waals surface area (Å²) in [6, 6.07) is 8.14. The number of hydrogen-bond donors (Lipinski definition) is 2. The Hall–Kier alpha value is -2.02. The number of carbonyl (C=O) groups excluding carboxylic acids is 2. The molecule has 7 heteroatoms. The summed E-state index contributed by atoms with van der Waals surface area (Å²) < 4.78 is 0. The molecule has 0 aliphatic carbocycles. The monoisotopic (exact) mass is 352 g/mol. The topological polar surface area (TPSA) is 86.7 Å². The molecular formula is C17H24N2O4S. The van der Waals surface area contributed by atoms with Crippen LogP contribution in [0.25, 0.3) is 0 Å². The van der Waals surface area contributed by atoms with E-state index in [-0.39, 0.29) is 18.2 Å². The lowest BCUT2D eigenvalue weighted by Crippen LogP contribution is -2.48. The van der Waals surface area contributed by atoms with E-state index in [2.05, 4.69) is 5.32 Å². The number of carboxylic acids is 1. The van der Waals surface area contributed by atoms with Crippen molar-refractivity contribution in [3.63, 3.8) is 0 Å². The molecular weight excluding hydrogens is 328 g/mol. The van der Waals surface area contributed by atoms with Crippen LogP contribution in [0.3, 0.4) is 0 Å². The van der Waals surface area contributed by atoms with E-state index in [4.69, 9.17) is 5.11 Å². The van der Waals surface area contributed by atoms with Crippen LogP contribution in [-0.4, -0.2) is 59.4 Å². The summed E-state index contributed by atoms with van der Waals surface area (Å²) in [7, 11) is 1.63. The first kappa shape index (κ1) is 20.0. The van der Waals surface area contributed by atoms with Crippen LogP contribution in [-0.2, 0) is 9.59 Å². The quantitative estimate of drug-likeness (QED) is 0.671. The number of carboxylic acid groups (broad SMARTS) is 1. The van der Waals surface area contributed by atoms with Crippen LogP contribution in [0.15, 0.2) is 30.3 Å². The highest BCUT2D eigenvalue weighted by Gasteiger charge is 2.24. The molecule has 132 valence electrons. The lowest BCUT2D eigenvalue weighted by molar-refractivity contribution is -0.138. The molecule has 1 unspecified atom stereocenters. The Bertz CT molecular complexity index is 551. The minimum atomic E-state index is -0.882. The average molecular weight is 352 g/mol. The summed E-state index contributed by atoms with van der Waals surface area (Å²) in [5.74, 6) is -0.617. The molecule has 1 rings (SSSR count). The van der Waals surface area contributed by atoms with Crippen molar-refractivity contribution in [1.82, 2.24) is 10.2 Å². The lowest BCUT2D eigenvalue weighted by Gasteiger charge is -2.24. The Morgan fingerprint density at radius 2 is 1.92 bits per heavy atom. The Kier molecular flexibility index (Phi) is 8.93. The van der Waals surface area contributed by atoms with Crippen LogP contribution in [0.4, 0.5) is 0 Å². The molecule has 0 radical (unpaired) electrons. The number of carbonyl (C=O) groups is 3. The standard InChI is InChI=1S/C17H24N2O4S/c1-19(11-6-9-15(20)21)17(23)14(10-12-24-2)18-16(22)13-7-4-3-5-8-13/h3-5,7-8,14H,6,9-12H2,1-2H3,(H,18,22)(H,20,21). The van der Waals surface area contributed by atoms with Crippen LogP contribution in [0.1, 0.15) is 29.6 Å². The Labute approximate surface area is 146 Å². The van der Waals surface area contributed by atoms with Crippen LogP contribution in [0.5, 0.6) is 0 Å². The molecule has 6 nitrogen and oxygen atoms in total. The third kappa shape index (κ3) is 7.04.